The summed E-state index contributed by atoms with van der Waals surface area (Å²) < 4.78 is 83.3. The Morgan fingerprint density at radius 1 is 1.12 bits per heavy atom. The minimum atomic E-state index is -4.44. The standard InChI is InChI=1S/C25H24F4N6O4S/c1-25(28,29)21-6-5-19(14-31-21)34(2)23(36)20(12-15-10-17(26)13-18(27)11-15)32-24(37)33-40(38,39)35-9-7-16-4-3-8-30-22(16)35/h3-6,8,10-11,13-14,20H,7,9,12H2,1-2H3,(H2,32,33,37)/t20-/m0/s1. The third-order valence-corrected chi connectivity index (χ3v) is 7.46. The molecule has 4 rings (SSSR count). The molecule has 10 nitrogen and oxygen atoms in total. The topological polar surface area (TPSA) is 125 Å². The monoisotopic (exact) mass is 580 g/mol. The molecule has 3 aromatic rings. The van der Waals surface area contributed by atoms with Gasteiger partial charge in [0.15, 0.2) is 0 Å². The lowest BCUT2D eigenvalue weighted by Gasteiger charge is -2.26. The van der Waals surface area contributed by atoms with Gasteiger partial charge >= 0.3 is 16.2 Å². The Morgan fingerprint density at radius 2 is 1.82 bits per heavy atom. The van der Waals surface area contributed by atoms with Crippen LogP contribution in [0.2, 0.25) is 0 Å². The van der Waals surface area contributed by atoms with Gasteiger partial charge in [-0.15, -0.1) is 0 Å². The zero-order valence-electron chi connectivity index (χ0n) is 21.2. The van der Waals surface area contributed by atoms with Crippen LogP contribution in [0.4, 0.5) is 33.9 Å². The number of likely N-dealkylation sites (N-methyl/N-ethyl adjacent to an activating group) is 1. The summed E-state index contributed by atoms with van der Waals surface area (Å²) in [5.74, 6) is -5.77. The number of urea groups is 1. The normalized spacial score (nSPS) is 13.9. The third-order valence-electron chi connectivity index (χ3n) is 6.08. The van der Waals surface area contributed by atoms with Crippen LogP contribution in [0.5, 0.6) is 0 Å². The number of fused-ring (bicyclic) bond motifs is 1. The summed E-state index contributed by atoms with van der Waals surface area (Å²) in [6.07, 6.45) is 2.36. The molecule has 0 fully saturated rings. The highest BCUT2D eigenvalue weighted by Gasteiger charge is 2.34. The van der Waals surface area contributed by atoms with E-state index in [4.69, 9.17) is 0 Å². The summed E-state index contributed by atoms with van der Waals surface area (Å²) in [6, 6.07) is 5.28. The highest BCUT2D eigenvalue weighted by Crippen LogP contribution is 2.27. The SMILES string of the molecule is CN(C(=O)[C@H](Cc1cc(F)cc(F)c1)NC(=O)NS(=O)(=O)N1CCc2cccnc21)c1ccc(C(C)(F)F)nc1. The van der Waals surface area contributed by atoms with Gasteiger partial charge in [-0.3, -0.25) is 9.78 Å². The lowest BCUT2D eigenvalue weighted by Crippen LogP contribution is -2.54. The maximum atomic E-state index is 13.8. The first-order valence-corrected chi connectivity index (χ1v) is 13.3. The number of rotatable bonds is 8. The molecule has 40 heavy (non-hydrogen) atoms. The van der Waals surface area contributed by atoms with Crippen molar-refractivity contribution >= 4 is 33.7 Å². The molecule has 0 radical (unpaired) electrons. The minimum Gasteiger partial charge on any atom is -0.325 e. The Bertz CT molecular complexity index is 1510. The minimum absolute atomic E-state index is 0.0100. The number of pyridine rings is 2. The number of hydrogen-bond donors (Lipinski definition) is 2. The quantitative estimate of drug-likeness (QED) is 0.395. The molecule has 0 saturated heterocycles. The fraction of sp³-hybridized carbons (Fsp3) is 0.280. The predicted molar refractivity (Wildman–Crippen MR) is 137 cm³/mol. The number of hydrogen-bond acceptors (Lipinski definition) is 6. The van der Waals surface area contributed by atoms with Crippen molar-refractivity contribution < 1.29 is 35.6 Å². The molecule has 1 aliphatic heterocycles. The number of alkyl halides is 2. The molecule has 2 aromatic heterocycles. The molecule has 212 valence electrons. The van der Waals surface area contributed by atoms with Crippen LogP contribution < -0.4 is 19.2 Å². The third kappa shape index (κ3) is 6.47. The molecule has 15 heteroatoms. The molecule has 3 amide bonds. The van der Waals surface area contributed by atoms with Gasteiger partial charge in [-0.1, -0.05) is 6.07 Å². The molecule has 0 saturated carbocycles. The zero-order chi connectivity index (χ0) is 29.2. The van der Waals surface area contributed by atoms with E-state index in [1.165, 1.54) is 19.3 Å². The average Bonchev–Trinajstić information content (AvgIpc) is 3.31. The molecular formula is C25H24F4N6O4S. The van der Waals surface area contributed by atoms with E-state index in [9.17, 15) is 35.6 Å². The Morgan fingerprint density at radius 3 is 2.45 bits per heavy atom. The number of benzene rings is 1. The number of halogens is 4. The van der Waals surface area contributed by atoms with Crippen LogP contribution in [0, 0.1) is 11.6 Å². The van der Waals surface area contributed by atoms with Crippen molar-refractivity contribution in [2.75, 3.05) is 22.8 Å². The van der Waals surface area contributed by atoms with Gasteiger partial charge in [-0.05, 0) is 47.9 Å². The predicted octanol–water partition coefficient (Wildman–Crippen LogP) is 3.05. The van der Waals surface area contributed by atoms with Gasteiger partial charge in [0.1, 0.15) is 29.2 Å². The van der Waals surface area contributed by atoms with E-state index in [-0.39, 0.29) is 23.6 Å². The first kappa shape index (κ1) is 28.7. The van der Waals surface area contributed by atoms with E-state index in [0.717, 1.165) is 33.6 Å². The van der Waals surface area contributed by atoms with Gasteiger partial charge in [-0.25, -0.2) is 27.6 Å². The average molecular weight is 581 g/mol. The molecule has 0 aliphatic carbocycles. The van der Waals surface area contributed by atoms with Gasteiger partial charge in [0.25, 0.3) is 5.92 Å². The van der Waals surface area contributed by atoms with E-state index >= 15 is 0 Å². The van der Waals surface area contributed by atoms with Crippen LogP contribution in [0.1, 0.15) is 23.7 Å². The first-order chi connectivity index (χ1) is 18.7. The number of aromatic nitrogens is 2. The summed E-state index contributed by atoms with van der Waals surface area (Å²) in [4.78, 5) is 34.9. The molecule has 0 unspecified atom stereocenters. The molecule has 1 aromatic carbocycles. The van der Waals surface area contributed by atoms with E-state index in [1.807, 2.05) is 4.72 Å². The summed E-state index contributed by atoms with van der Waals surface area (Å²) >= 11 is 0. The second-order valence-corrected chi connectivity index (χ2v) is 10.7. The molecule has 0 bridgehead atoms. The lowest BCUT2D eigenvalue weighted by atomic mass is 10.0. The van der Waals surface area contributed by atoms with E-state index in [2.05, 4.69) is 15.3 Å². The highest BCUT2D eigenvalue weighted by molar-refractivity contribution is 7.91. The lowest BCUT2D eigenvalue weighted by molar-refractivity contribution is -0.120. The van der Waals surface area contributed by atoms with Crippen LogP contribution in [-0.4, -0.2) is 50.0 Å². The number of carbonyl (C=O) groups excluding carboxylic acids is 2. The molecule has 1 aliphatic rings. The van der Waals surface area contributed by atoms with Crippen molar-refractivity contribution in [2.45, 2.75) is 31.7 Å². The van der Waals surface area contributed by atoms with Gasteiger partial charge in [-0.2, -0.15) is 17.2 Å². The highest BCUT2D eigenvalue weighted by atomic mass is 32.2. The van der Waals surface area contributed by atoms with Crippen molar-refractivity contribution in [2.24, 2.45) is 0 Å². The van der Waals surface area contributed by atoms with Crippen LogP contribution in [0.3, 0.4) is 0 Å². The van der Waals surface area contributed by atoms with Crippen LogP contribution >= 0.6 is 0 Å². The molecule has 1 atom stereocenters. The van der Waals surface area contributed by atoms with E-state index < -0.39 is 57.9 Å². The molecule has 0 spiro atoms. The first-order valence-electron chi connectivity index (χ1n) is 11.9. The fourth-order valence-corrected chi connectivity index (χ4v) is 5.27. The van der Waals surface area contributed by atoms with Crippen LogP contribution in [0.15, 0.2) is 54.9 Å². The van der Waals surface area contributed by atoms with Gasteiger partial charge < -0.3 is 10.2 Å². The largest absolute Gasteiger partial charge is 0.330 e. The number of carbonyl (C=O) groups is 2. The zero-order valence-corrected chi connectivity index (χ0v) is 22.1. The van der Waals surface area contributed by atoms with Crippen molar-refractivity contribution in [3.8, 4) is 0 Å². The Balaban J connectivity index is 1.56. The number of anilines is 2. The Labute approximate surface area is 227 Å². The van der Waals surface area contributed by atoms with Gasteiger partial charge in [0.05, 0.1) is 11.9 Å². The summed E-state index contributed by atoms with van der Waals surface area (Å²) in [6.45, 7) is 0.688. The van der Waals surface area contributed by atoms with Gasteiger partial charge in [0.2, 0.25) is 5.91 Å². The Hall–Kier alpha value is -4.27. The number of nitrogens with one attached hydrogen (secondary N) is 2. The van der Waals surface area contributed by atoms with Crippen LogP contribution in [0.25, 0.3) is 0 Å². The summed E-state index contributed by atoms with van der Waals surface area (Å²) in [5, 5.41) is 2.24. The smallest absolute Gasteiger partial charge is 0.325 e. The van der Waals surface area contributed by atoms with Crippen LogP contribution in [-0.2, 0) is 33.8 Å². The molecule has 2 N–H and O–H groups in total. The van der Waals surface area contributed by atoms with Crippen molar-refractivity contribution in [3.63, 3.8) is 0 Å². The Kier molecular flexibility index (Phi) is 7.95. The maximum absolute atomic E-state index is 13.8. The number of amides is 3. The van der Waals surface area contributed by atoms with Crippen molar-refractivity contribution in [3.05, 3.63) is 83.3 Å². The van der Waals surface area contributed by atoms with E-state index in [1.54, 1.807) is 12.1 Å². The second kappa shape index (κ2) is 11.1. The number of nitrogens with zero attached hydrogens (tertiary/aromatic N) is 4. The van der Waals surface area contributed by atoms with E-state index in [0.29, 0.717) is 25.0 Å². The molecule has 3 heterocycles. The molecular weight excluding hydrogens is 556 g/mol. The maximum Gasteiger partial charge on any atom is 0.330 e. The van der Waals surface area contributed by atoms with Crippen molar-refractivity contribution in [1.29, 1.82) is 0 Å². The van der Waals surface area contributed by atoms with Crippen molar-refractivity contribution in [1.82, 2.24) is 20.0 Å². The second-order valence-electron chi connectivity index (χ2n) is 9.11. The summed E-state index contributed by atoms with van der Waals surface area (Å²) in [5.41, 5.74) is 0.188. The summed E-state index contributed by atoms with van der Waals surface area (Å²) in [7, 11) is -3.17. The van der Waals surface area contributed by atoms with Gasteiger partial charge in [0, 0.05) is 39.2 Å². The fourth-order valence-electron chi connectivity index (χ4n) is 4.14.